The van der Waals surface area contributed by atoms with Gasteiger partial charge in [-0.1, -0.05) is 96.3 Å². The Hall–Kier alpha value is -3.93. The van der Waals surface area contributed by atoms with E-state index in [1.807, 2.05) is 58.0 Å². The highest BCUT2D eigenvalue weighted by molar-refractivity contribution is 6.03. The molecule has 6 rings (SSSR count). The summed E-state index contributed by atoms with van der Waals surface area (Å²) in [6.45, 7) is 11.8. The number of ether oxygens (including phenoxy) is 1. The van der Waals surface area contributed by atoms with Gasteiger partial charge in [0.05, 0.1) is 29.4 Å². The number of nitrogens with zero attached hydrogens (tertiary/aromatic N) is 3. The molecular formula is C37H43N3O3. The van der Waals surface area contributed by atoms with Gasteiger partial charge in [0.25, 0.3) is 0 Å². The average Bonchev–Trinajstić information content (AvgIpc) is 3.58. The number of aromatic nitrogens is 2. The SMILES string of the molecule is CCC(C)C12CCCCC1C(=O)N(c1ccc3c(c1)ncn3-c1c(C(C)(C)C)ccc(-c3ccccc3)c1C(=O)OC)C2. The van der Waals surface area contributed by atoms with Crippen LogP contribution in [0.25, 0.3) is 27.8 Å². The average molecular weight is 578 g/mol. The molecule has 4 aromatic rings. The largest absolute Gasteiger partial charge is 0.465 e. The van der Waals surface area contributed by atoms with E-state index in [1.165, 1.54) is 13.5 Å². The van der Waals surface area contributed by atoms with Crippen molar-refractivity contribution in [2.24, 2.45) is 17.3 Å². The van der Waals surface area contributed by atoms with Crippen LogP contribution in [-0.4, -0.2) is 35.1 Å². The van der Waals surface area contributed by atoms with Crippen molar-refractivity contribution in [1.29, 1.82) is 0 Å². The van der Waals surface area contributed by atoms with Crippen LogP contribution in [-0.2, 0) is 14.9 Å². The summed E-state index contributed by atoms with van der Waals surface area (Å²) in [6, 6.07) is 20.2. The number of amides is 1. The van der Waals surface area contributed by atoms with E-state index in [0.717, 1.165) is 71.3 Å². The Morgan fingerprint density at radius 3 is 2.56 bits per heavy atom. The highest BCUT2D eigenvalue weighted by Crippen LogP contribution is 2.54. The zero-order valence-electron chi connectivity index (χ0n) is 26.3. The summed E-state index contributed by atoms with van der Waals surface area (Å²) in [5, 5.41) is 0. The van der Waals surface area contributed by atoms with Gasteiger partial charge in [-0.2, -0.15) is 0 Å². The van der Waals surface area contributed by atoms with Crippen molar-refractivity contribution in [2.45, 2.75) is 72.1 Å². The van der Waals surface area contributed by atoms with Crippen molar-refractivity contribution < 1.29 is 14.3 Å². The molecule has 1 saturated carbocycles. The minimum Gasteiger partial charge on any atom is -0.465 e. The van der Waals surface area contributed by atoms with Gasteiger partial charge in [-0.05, 0) is 59.1 Å². The van der Waals surface area contributed by atoms with E-state index in [9.17, 15) is 9.59 Å². The summed E-state index contributed by atoms with van der Waals surface area (Å²) in [5.41, 5.74) is 6.43. The summed E-state index contributed by atoms with van der Waals surface area (Å²) in [4.78, 5) is 34.3. The molecule has 0 bridgehead atoms. The van der Waals surface area contributed by atoms with Crippen LogP contribution in [0.1, 0.15) is 82.6 Å². The van der Waals surface area contributed by atoms with Crippen LogP contribution in [0, 0.1) is 17.3 Å². The van der Waals surface area contributed by atoms with Gasteiger partial charge in [0.2, 0.25) is 5.91 Å². The number of imidazole rings is 1. The molecule has 1 saturated heterocycles. The molecule has 6 heteroatoms. The number of carbonyl (C=O) groups excluding carboxylic acids is 2. The van der Waals surface area contributed by atoms with Crippen LogP contribution in [0.3, 0.4) is 0 Å². The molecule has 1 aromatic heterocycles. The standard InChI is InChI=1S/C37H43N3O3/c1-7-24(2)37-20-12-11-15-29(37)34(41)39(22-37)26-16-19-31-30(21-26)38-23-40(31)33-28(36(3,4)5)18-17-27(32(33)35(42)43-6)25-13-9-8-10-14-25/h8-10,13-14,16-19,21,23-24,29H,7,11-12,15,20,22H2,1-6H3. The smallest absolute Gasteiger partial charge is 0.340 e. The number of esters is 1. The van der Waals surface area contributed by atoms with Crippen molar-refractivity contribution in [3.8, 4) is 16.8 Å². The van der Waals surface area contributed by atoms with Gasteiger partial charge in [-0.3, -0.25) is 9.36 Å². The van der Waals surface area contributed by atoms with Gasteiger partial charge in [-0.25, -0.2) is 9.78 Å². The monoisotopic (exact) mass is 577 g/mol. The van der Waals surface area contributed by atoms with Crippen LogP contribution in [0.15, 0.2) is 67.0 Å². The number of anilines is 1. The summed E-state index contributed by atoms with van der Waals surface area (Å²) >= 11 is 0. The molecule has 3 atom stereocenters. The number of fused-ring (bicyclic) bond motifs is 2. The van der Waals surface area contributed by atoms with Crippen molar-refractivity contribution >= 4 is 28.6 Å². The number of hydrogen-bond acceptors (Lipinski definition) is 4. The predicted octanol–water partition coefficient (Wildman–Crippen LogP) is 8.35. The van der Waals surface area contributed by atoms with Crippen molar-refractivity contribution in [3.05, 3.63) is 78.1 Å². The van der Waals surface area contributed by atoms with Gasteiger partial charge in [0.1, 0.15) is 6.33 Å². The lowest BCUT2D eigenvalue weighted by Gasteiger charge is -2.42. The first-order valence-electron chi connectivity index (χ1n) is 15.7. The number of hydrogen-bond donors (Lipinski definition) is 0. The lowest BCUT2D eigenvalue weighted by molar-refractivity contribution is -0.124. The molecule has 3 unspecified atom stereocenters. The molecule has 224 valence electrons. The first-order chi connectivity index (χ1) is 20.6. The third-order valence-electron chi connectivity index (χ3n) is 10.2. The fourth-order valence-corrected chi connectivity index (χ4v) is 7.71. The van der Waals surface area contributed by atoms with Crippen LogP contribution in [0.2, 0.25) is 0 Å². The maximum absolute atomic E-state index is 13.9. The molecule has 0 radical (unpaired) electrons. The molecule has 0 spiro atoms. The summed E-state index contributed by atoms with van der Waals surface area (Å²) in [6.07, 6.45) is 7.32. The van der Waals surface area contributed by atoms with E-state index in [4.69, 9.17) is 9.72 Å². The van der Waals surface area contributed by atoms with Crippen LogP contribution in [0.4, 0.5) is 5.69 Å². The quantitative estimate of drug-likeness (QED) is 0.216. The van der Waals surface area contributed by atoms with Crippen LogP contribution >= 0.6 is 0 Å². The van der Waals surface area contributed by atoms with Gasteiger partial charge in [0.15, 0.2) is 0 Å². The number of methoxy groups -OCH3 is 1. The molecule has 3 aromatic carbocycles. The highest BCUT2D eigenvalue weighted by Gasteiger charge is 2.55. The lowest BCUT2D eigenvalue weighted by atomic mass is 9.61. The van der Waals surface area contributed by atoms with Crippen LogP contribution in [0.5, 0.6) is 0 Å². The third-order valence-corrected chi connectivity index (χ3v) is 10.2. The normalized spacial score (nSPS) is 21.2. The van der Waals surface area contributed by atoms with E-state index >= 15 is 0 Å². The van der Waals surface area contributed by atoms with E-state index in [1.54, 1.807) is 6.33 Å². The van der Waals surface area contributed by atoms with Crippen molar-refractivity contribution in [1.82, 2.24) is 9.55 Å². The van der Waals surface area contributed by atoms with Gasteiger partial charge >= 0.3 is 5.97 Å². The van der Waals surface area contributed by atoms with E-state index in [-0.39, 0.29) is 28.6 Å². The maximum atomic E-state index is 13.9. The topological polar surface area (TPSA) is 64.4 Å². The van der Waals surface area contributed by atoms with Crippen molar-refractivity contribution in [2.75, 3.05) is 18.6 Å². The Labute approximate surface area is 255 Å². The molecule has 2 fully saturated rings. The number of carbonyl (C=O) groups is 2. The van der Waals surface area contributed by atoms with Crippen molar-refractivity contribution in [3.63, 3.8) is 0 Å². The first-order valence-corrected chi connectivity index (χ1v) is 15.7. The summed E-state index contributed by atoms with van der Waals surface area (Å²) < 4.78 is 7.40. The fraction of sp³-hybridized carbons (Fsp3) is 0.432. The molecule has 1 aliphatic heterocycles. The Balaban J connectivity index is 1.50. The lowest BCUT2D eigenvalue weighted by Crippen LogP contribution is -2.39. The minimum atomic E-state index is -0.390. The fourth-order valence-electron chi connectivity index (χ4n) is 7.71. The van der Waals surface area contributed by atoms with Gasteiger partial charge < -0.3 is 9.64 Å². The number of benzene rings is 3. The second-order valence-electron chi connectivity index (χ2n) is 13.5. The van der Waals surface area contributed by atoms with Crippen LogP contribution < -0.4 is 4.90 Å². The second kappa shape index (κ2) is 11.0. The summed E-state index contributed by atoms with van der Waals surface area (Å²) in [7, 11) is 1.43. The molecule has 1 aliphatic carbocycles. The maximum Gasteiger partial charge on any atom is 0.340 e. The van der Waals surface area contributed by atoms with Gasteiger partial charge in [-0.15, -0.1) is 0 Å². The van der Waals surface area contributed by atoms with Gasteiger partial charge in [0, 0.05) is 23.6 Å². The molecule has 1 amide bonds. The summed E-state index contributed by atoms with van der Waals surface area (Å²) in [5.74, 6) is 0.470. The molecule has 43 heavy (non-hydrogen) atoms. The zero-order valence-corrected chi connectivity index (χ0v) is 26.3. The molecular weight excluding hydrogens is 534 g/mol. The van der Waals surface area contributed by atoms with E-state index in [2.05, 4.69) is 46.8 Å². The Bertz CT molecular complexity index is 1680. The third kappa shape index (κ3) is 4.75. The highest BCUT2D eigenvalue weighted by atomic mass is 16.5. The molecule has 6 nitrogen and oxygen atoms in total. The zero-order chi connectivity index (χ0) is 30.5. The van der Waals surface area contributed by atoms with E-state index in [0.29, 0.717) is 11.5 Å². The Morgan fingerprint density at radius 2 is 1.86 bits per heavy atom. The predicted molar refractivity (Wildman–Crippen MR) is 173 cm³/mol. The minimum absolute atomic E-state index is 0.0489. The van der Waals surface area contributed by atoms with E-state index < -0.39 is 0 Å². The number of rotatable bonds is 6. The first kappa shape index (κ1) is 29.2. The Morgan fingerprint density at radius 1 is 1.09 bits per heavy atom. The molecule has 2 aliphatic rings. The molecule has 0 N–H and O–H groups in total. The Kier molecular flexibility index (Phi) is 7.44. The second-order valence-corrected chi connectivity index (χ2v) is 13.5. The molecule has 2 heterocycles.